The van der Waals surface area contributed by atoms with E-state index in [-0.39, 0.29) is 0 Å². The van der Waals surface area contributed by atoms with Crippen LogP contribution in [0.3, 0.4) is 0 Å². The maximum Gasteiger partial charge on any atom is 0.115 e. The Hall–Kier alpha value is -0.980. The lowest BCUT2D eigenvalue weighted by Crippen LogP contribution is -2.40. The molecule has 1 nitrogen and oxygen atoms in total. The predicted octanol–water partition coefficient (Wildman–Crippen LogP) is 5.42. The molecule has 1 fully saturated rings. The van der Waals surface area contributed by atoms with Gasteiger partial charge in [-0.15, -0.1) is 0 Å². The van der Waals surface area contributed by atoms with Gasteiger partial charge in [0.25, 0.3) is 0 Å². The average Bonchev–Trinajstić information content (AvgIpc) is 2.45. The van der Waals surface area contributed by atoms with Crippen LogP contribution in [-0.4, -0.2) is 5.11 Å². The van der Waals surface area contributed by atoms with Gasteiger partial charge in [-0.3, -0.25) is 0 Å². The van der Waals surface area contributed by atoms with E-state index < -0.39 is 0 Å². The van der Waals surface area contributed by atoms with Crippen molar-refractivity contribution in [2.24, 2.45) is 11.3 Å². The zero-order chi connectivity index (χ0) is 14.2. The molecule has 1 saturated carbocycles. The number of hydrogen-bond acceptors (Lipinski definition) is 1. The minimum Gasteiger partial charge on any atom is -0.508 e. The molecule has 3 rings (SSSR count). The van der Waals surface area contributed by atoms with Crippen molar-refractivity contribution >= 4 is 0 Å². The smallest absolute Gasteiger partial charge is 0.115 e. The normalized spacial score (nSPS) is 32.5. The van der Waals surface area contributed by atoms with E-state index in [2.05, 4.69) is 19.9 Å². The van der Waals surface area contributed by atoms with E-state index in [1.54, 1.807) is 0 Å². The van der Waals surface area contributed by atoms with Gasteiger partial charge in [-0.05, 0) is 72.6 Å². The third kappa shape index (κ3) is 2.25. The molecule has 110 valence electrons. The fraction of sp³-hybridized carbons (Fsp3) is 0.684. The van der Waals surface area contributed by atoms with Gasteiger partial charge in [0, 0.05) is 0 Å². The van der Waals surface area contributed by atoms with Gasteiger partial charge in [-0.1, -0.05) is 39.2 Å². The van der Waals surface area contributed by atoms with Crippen molar-refractivity contribution in [3.05, 3.63) is 29.3 Å². The molecule has 0 aromatic heterocycles. The fourth-order valence-corrected chi connectivity index (χ4v) is 4.88. The first-order chi connectivity index (χ1) is 9.65. The third-order valence-electron chi connectivity index (χ3n) is 6.12. The highest BCUT2D eigenvalue weighted by atomic mass is 16.3. The number of unbranched alkanes of at least 4 members (excludes halogenated alkanes) is 1. The summed E-state index contributed by atoms with van der Waals surface area (Å²) in [6.07, 6.45) is 10.7. The van der Waals surface area contributed by atoms with Crippen LogP contribution >= 0.6 is 0 Å². The van der Waals surface area contributed by atoms with Gasteiger partial charge < -0.3 is 5.11 Å². The van der Waals surface area contributed by atoms with E-state index in [9.17, 15) is 5.11 Å². The van der Waals surface area contributed by atoms with Crippen molar-refractivity contribution in [2.45, 2.75) is 71.1 Å². The van der Waals surface area contributed by atoms with Crippen LogP contribution in [0, 0.1) is 11.3 Å². The van der Waals surface area contributed by atoms with Crippen LogP contribution in [0.25, 0.3) is 0 Å². The first-order valence-corrected chi connectivity index (χ1v) is 8.47. The molecular formula is C19H28O. The SMILES string of the molecule is CCCCC1CCCC2c3ccc(O)cc3CCC12C. The number of aromatic hydroxyl groups is 1. The van der Waals surface area contributed by atoms with Crippen LogP contribution in [0.2, 0.25) is 0 Å². The Labute approximate surface area is 123 Å². The van der Waals surface area contributed by atoms with Crippen LogP contribution in [0.15, 0.2) is 18.2 Å². The number of aryl methyl sites for hydroxylation is 1. The Bertz CT molecular complexity index is 479. The van der Waals surface area contributed by atoms with Crippen LogP contribution in [0.1, 0.15) is 75.8 Å². The number of hydrogen-bond donors (Lipinski definition) is 1. The molecule has 2 aliphatic rings. The van der Waals surface area contributed by atoms with E-state index >= 15 is 0 Å². The Morgan fingerprint density at radius 1 is 1.30 bits per heavy atom. The lowest BCUT2D eigenvalue weighted by atomic mass is 9.53. The van der Waals surface area contributed by atoms with Gasteiger partial charge in [-0.2, -0.15) is 0 Å². The Morgan fingerprint density at radius 2 is 2.15 bits per heavy atom. The summed E-state index contributed by atoms with van der Waals surface area (Å²) in [5.41, 5.74) is 3.44. The van der Waals surface area contributed by atoms with E-state index in [0.29, 0.717) is 11.2 Å². The lowest BCUT2D eigenvalue weighted by Gasteiger charge is -2.51. The average molecular weight is 272 g/mol. The quantitative estimate of drug-likeness (QED) is 0.779. The molecule has 0 bridgehead atoms. The van der Waals surface area contributed by atoms with E-state index in [4.69, 9.17) is 0 Å². The number of phenolic OH excluding ortho intramolecular Hbond substituents is 1. The molecule has 3 unspecified atom stereocenters. The van der Waals surface area contributed by atoms with Crippen molar-refractivity contribution in [1.29, 1.82) is 0 Å². The van der Waals surface area contributed by atoms with Gasteiger partial charge in [0.1, 0.15) is 5.75 Å². The summed E-state index contributed by atoms with van der Waals surface area (Å²) in [6, 6.07) is 6.10. The monoisotopic (exact) mass is 272 g/mol. The van der Waals surface area contributed by atoms with Crippen LogP contribution in [0.5, 0.6) is 5.75 Å². The maximum atomic E-state index is 9.72. The van der Waals surface area contributed by atoms with Gasteiger partial charge >= 0.3 is 0 Å². The molecule has 0 radical (unpaired) electrons. The predicted molar refractivity (Wildman–Crippen MR) is 84.1 cm³/mol. The van der Waals surface area contributed by atoms with Gasteiger partial charge in [-0.25, -0.2) is 0 Å². The summed E-state index contributed by atoms with van der Waals surface area (Å²) < 4.78 is 0. The zero-order valence-corrected chi connectivity index (χ0v) is 13.0. The van der Waals surface area contributed by atoms with Crippen molar-refractivity contribution in [3.8, 4) is 5.75 Å². The van der Waals surface area contributed by atoms with Crippen LogP contribution < -0.4 is 0 Å². The minimum absolute atomic E-state index is 0.436. The lowest BCUT2D eigenvalue weighted by molar-refractivity contribution is 0.0579. The molecule has 3 atom stereocenters. The number of rotatable bonds is 3. The maximum absolute atomic E-state index is 9.72. The Morgan fingerprint density at radius 3 is 2.95 bits per heavy atom. The molecular weight excluding hydrogens is 244 g/mol. The van der Waals surface area contributed by atoms with Gasteiger partial charge in [0.2, 0.25) is 0 Å². The summed E-state index contributed by atoms with van der Waals surface area (Å²) in [4.78, 5) is 0. The summed E-state index contributed by atoms with van der Waals surface area (Å²) in [5, 5.41) is 9.72. The Balaban J connectivity index is 1.91. The second-order valence-electron chi connectivity index (χ2n) is 7.21. The number of benzene rings is 1. The fourth-order valence-electron chi connectivity index (χ4n) is 4.88. The molecule has 20 heavy (non-hydrogen) atoms. The van der Waals surface area contributed by atoms with Crippen molar-refractivity contribution < 1.29 is 5.11 Å². The zero-order valence-electron chi connectivity index (χ0n) is 13.0. The molecule has 1 aromatic rings. The summed E-state index contributed by atoms with van der Waals surface area (Å²) >= 11 is 0. The number of fused-ring (bicyclic) bond motifs is 3. The minimum atomic E-state index is 0.436. The third-order valence-corrected chi connectivity index (χ3v) is 6.12. The topological polar surface area (TPSA) is 20.2 Å². The highest BCUT2D eigenvalue weighted by Crippen LogP contribution is 2.57. The molecule has 0 saturated heterocycles. The molecule has 1 N–H and O–H groups in total. The second kappa shape index (κ2) is 5.42. The van der Waals surface area contributed by atoms with Crippen LogP contribution in [-0.2, 0) is 6.42 Å². The van der Waals surface area contributed by atoms with Crippen LogP contribution in [0.4, 0.5) is 0 Å². The molecule has 2 aliphatic carbocycles. The van der Waals surface area contributed by atoms with Gasteiger partial charge in [0.15, 0.2) is 0 Å². The largest absolute Gasteiger partial charge is 0.508 e. The summed E-state index contributed by atoms with van der Waals surface area (Å²) in [7, 11) is 0. The molecule has 1 aromatic carbocycles. The van der Waals surface area contributed by atoms with E-state index in [1.165, 1.54) is 56.1 Å². The molecule has 0 heterocycles. The van der Waals surface area contributed by atoms with Crippen molar-refractivity contribution in [1.82, 2.24) is 0 Å². The first kappa shape index (κ1) is 14.0. The first-order valence-electron chi connectivity index (χ1n) is 8.47. The second-order valence-corrected chi connectivity index (χ2v) is 7.21. The summed E-state index contributed by atoms with van der Waals surface area (Å²) in [6.45, 7) is 4.86. The van der Waals surface area contributed by atoms with Gasteiger partial charge in [0.05, 0.1) is 0 Å². The molecule has 0 aliphatic heterocycles. The van der Waals surface area contributed by atoms with Crippen molar-refractivity contribution in [2.75, 3.05) is 0 Å². The molecule has 0 spiro atoms. The van der Waals surface area contributed by atoms with Crippen molar-refractivity contribution in [3.63, 3.8) is 0 Å². The van der Waals surface area contributed by atoms with E-state index in [1.807, 2.05) is 12.1 Å². The standard InChI is InChI=1S/C19H28O/c1-3-4-6-15-7-5-8-18-17-10-9-16(20)13-14(17)11-12-19(15,18)2/h9-10,13,15,18,20H,3-8,11-12H2,1-2H3. The number of phenols is 1. The summed E-state index contributed by atoms with van der Waals surface area (Å²) in [5.74, 6) is 2.07. The molecule has 0 amide bonds. The highest BCUT2D eigenvalue weighted by Gasteiger charge is 2.46. The van der Waals surface area contributed by atoms with E-state index in [0.717, 1.165) is 18.3 Å². The molecule has 1 heteroatoms. The highest BCUT2D eigenvalue weighted by molar-refractivity contribution is 5.40. The Kier molecular flexibility index (Phi) is 3.79.